The Hall–Kier alpha value is -3.46. The van der Waals surface area contributed by atoms with E-state index in [1.54, 1.807) is 6.07 Å². The minimum Gasteiger partial charge on any atom is -0.488 e. The molecule has 0 spiro atoms. The van der Waals surface area contributed by atoms with Crippen molar-refractivity contribution in [1.82, 2.24) is 9.88 Å². The molecule has 0 aliphatic carbocycles. The Bertz CT molecular complexity index is 1350. The Morgan fingerprint density at radius 1 is 1.13 bits per heavy atom. The van der Waals surface area contributed by atoms with Gasteiger partial charge in [0.1, 0.15) is 18.2 Å². The maximum atomic E-state index is 14.3. The molecule has 39 heavy (non-hydrogen) atoms. The number of aryl methyl sites for hydroxylation is 1. The van der Waals surface area contributed by atoms with Crippen LogP contribution in [0.5, 0.6) is 5.75 Å². The summed E-state index contributed by atoms with van der Waals surface area (Å²) in [7, 11) is 0. The minimum absolute atomic E-state index is 0.0508. The topological polar surface area (TPSA) is 83.0 Å². The molecule has 2 aliphatic heterocycles. The molecule has 1 aromatic heterocycles. The zero-order chi connectivity index (χ0) is 27.5. The van der Waals surface area contributed by atoms with Crippen molar-refractivity contribution in [3.8, 4) is 17.0 Å². The summed E-state index contributed by atoms with van der Waals surface area (Å²) < 4.78 is 20.5. The third-order valence-corrected chi connectivity index (χ3v) is 8.67. The zero-order valence-electron chi connectivity index (χ0n) is 22.4. The van der Waals surface area contributed by atoms with E-state index in [9.17, 15) is 19.1 Å². The van der Waals surface area contributed by atoms with Gasteiger partial charge in [0.05, 0.1) is 11.6 Å². The lowest BCUT2D eigenvalue weighted by atomic mass is 9.92. The van der Waals surface area contributed by atoms with Crippen LogP contribution in [-0.2, 0) is 11.4 Å². The number of hydrogen-bond acceptors (Lipinski definition) is 6. The summed E-state index contributed by atoms with van der Waals surface area (Å²) in [6, 6.07) is 10.2. The van der Waals surface area contributed by atoms with Crippen LogP contribution in [-0.4, -0.2) is 52.5 Å². The summed E-state index contributed by atoms with van der Waals surface area (Å²) in [6.07, 6.45) is 4.43. The van der Waals surface area contributed by atoms with Crippen LogP contribution in [0, 0.1) is 18.7 Å². The SMILES string of the molecule is Cc1cc(C(=O)N2CCCCC2)ccc1COc1ccc(F)cc1-c1csc(N2CCC(C(=O)O)CC2C)n1. The molecule has 3 aromatic rings. The largest absolute Gasteiger partial charge is 0.488 e. The number of thiazole rings is 1. The number of amides is 1. The number of aromatic nitrogens is 1. The first-order chi connectivity index (χ1) is 18.8. The Labute approximate surface area is 232 Å². The van der Waals surface area contributed by atoms with Gasteiger partial charge in [0.2, 0.25) is 0 Å². The van der Waals surface area contributed by atoms with Gasteiger partial charge >= 0.3 is 5.97 Å². The summed E-state index contributed by atoms with van der Waals surface area (Å²) in [5.41, 5.74) is 3.81. The Kier molecular flexibility index (Phi) is 8.16. The van der Waals surface area contributed by atoms with Gasteiger partial charge in [-0.2, -0.15) is 0 Å². The maximum absolute atomic E-state index is 14.3. The van der Waals surface area contributed by atoms with Crippen molar-refractivity contribution in [3.05, 3.63) is 64.3 Å². The average Bonchev–Trinajstić information content (AvgIpc) is 3.42. The Morgan fingerprint density at radius 2 is 1.92 bits per heavy atom. The molecule has 2 atom stereocenters. The van der Waals surface area contributed by atoms with E-state index < -0.39 is 5.97 Å². The van der Waals surface area contributed by atoms with E-state index >= 15 is 0 Å². The van der Waals surface area contributed by atoms with Crippen molar-refractivity contribution in [2.24, 2.45) is 5.92 Å². The second-order valence-corrected chi connectivity index (χ2v) is 11.4. The first-order valence-electron chi connectivity index (χ1n) is 13.6. The van der Waals surface area contributed by atoms with E-state index in [1.807, 2.05) is 42.3 Å². The van der Waals surface area contributed by atoms with Crippen molar-refractivity contribution in [2.75, 3.05) is 24.5 Å². The van der Waals surface area contributed by atoms with E-state index in [4.69, 9.17) is 9.72 Å². The fraction of sp³-hybridized carbons (Fsp3) is 0.433. The molecule has 2 fully saturated rings. The molecule has 2 unspecified atom stereocenters. The van der Waals surface area contributed by atoms with Crippen LogP contribution in [0.3, 0.4) is 0 Å². The number of ether oxygens (including phenoxy) is 1. The van der Waals surface area contributed by atoms with Gasteiger partial charge in [-0.1, -0.05) is 6.07 Å². The lowest BCUT2D eigenvalue weighted by Gasteiger charge is -2.36. The molecule has 1 amide bonds. The summed E-state index contributed by atoms with van der Waals surface area (Å²) in [5, 5.41) is 12.0. The fourth-order valence-electron chi connectivity index (χ4n) is 5.45. The van der Waals surface area contributed by atoms with E-state index in [0.29, 0.717) is 42.0 Å². The van der Waals surface area contributed by atoms with E-state index in [1.165, 1.54) is 29.9 Å². The minimum atomic E-state index is -0.749. The average molecular weight is 552 g/mol. The molecule has 0 bridgehead atoms. The monoisotopic (exact) mass is 551 g/mol. The molecule has 0 radical (unpaired) electrons. The van der Waals surface area contributed by atoms with Crippen LogP contribution < -0.4 is 9.64 Å². The van der Waals surface area contributed by atoms with Crippen LogP contribution in [0.1, 0.15) is 60.5 Å². The number of halogens is 1. The van der Waals surface area contributed by atoms with Gasteiger partial charge in [0.15, 0.2) is 5.13 Å². The van der Waals surface area contributed by atoms with Crippen LogP contribution >= 0.6 is 11.3 Å². The number of carbonyl (C=O) groups excluding carboxylic acids is 1. The molecule has 7 nitrogen and oxygen atoms in total. The molecule has 2 aliphatic rings. The van der Waals surface area contributed by atoms with Gasteiger partial charge in [0.25, 0.3) is 5.91 Å². The number of aliphatic carboxylic acids is 1. The number of anilines is 1. The number of nitrogens with zero attached hydrogens (tertiary/aromatic N) is 3. The number of benzene rings is 2. The highest BCUT2D eigenvalue weighted by atomic mass is 32.1. The quantitative estimate of drug-likeness (QED) is 0.379. The number of rotatable bonds is 7. The van der Waals surface area contributed by atoms with Crippen molar-refractivity contribution in [3.63, 3.8) is 0 Å². The summed E-state index contributed by atoms with van der Waals surface area (Å²) in [6.45, 7) is 6.51. The van der Waals surface area contributed by atoms with Gasteiger partial charge in [-0.05, 0) is 87.4 Å². The smallest absolute Gasteiger partial charge is 0.306 e. The van der Waals surface area contributed by atoms with Gasteiger partial charge in [-0.25, -0.2) is 9.37 Å². The second-order valence-electron chi connectivity index (χ2n) is 10.5. The summed E-state index contributed by atoms with van der Waals surface area (Å²) >= 11 is 1.47. The lowest BCUT2D eigenvalue weighted by molar-refractivity contribution is -0.142. The molecule has 0 saturated carbocycles. The molecule has 206 valence electrons. The maximum Gasteiger partial charge on any atom is 0.306 e. The van der Waals surface area contributed by atoms with E-state index in [-0.39, 0.29) is 30.3 Å². The van der Waals surface area contributed by atoms with Crippen LogP contribution in [0.25, 0.3) is 11.3 Å². The molecule has 2 aromatic carbocycles. The van der Waals surface area contributed by atoms with E-state index in [2.05, 4.69) is 4.90 Å². The Balaban J connectivity index is 1.30. The number of hydrogen-bond donors (Lipinski definition) is 1. The van der Waals surface area contributed by atoms with Crippen molar-refractivity contribution in [1.29, 1.82) is 0 Å². The normalized spacial score (nSPS) is 19.7. The molecular formula is C30H34FN3O4S. The highest BCUT2D eigenvalue weighted by Crippen LogP contribution is 2.37. The van der Waals surface area contributed by atoms with Crippen molar-refractivity contribution >= 4 is 28.3 Å². The number of piperidine rings is 2. The molecular weight excluding hydrogens is 517 g/mol. The number of carbonyl (C=O) groups is 2. The zero-order valence-corrected chi connectivity index (χ0v) is 23.2. The van der Waals surface area contributed by atoms with Gasteiger partial charge in [-0.3, -0.25) is 9.59 Å². The predicted octanol–water partition coefficient (Wildman–Crippen LogP) is 6.15. The first-order valence-corrected chi connectivity index (χ1v) is 14.4. The first kappa shape index (κ1) is 27.1. The molecule has 9 heteroatoms. The van der Waals surface area contributed by atoms with Crippen LogP contribution in [0.4, 0.5) is 9.52 Å². The highest BCUT2D eigenvalue weighted by molar-refractivity contribution is 7.14. The molecule has 2 saturated heterocycles. The number of carboxylic acid groups (broad SMARTS) is 1. The summed E-state index contributed by atoms with van der Waals surface area (Å²) in [4.78, 5) is 33.1. The third-order valence-electron chi connectivity index (χ3n) is 7.80. The van der Waals surface area contributed by atoms with E-state index in [0.717, 1.165) is 42.2 Å². The van der Waals surface area contributed by atoms with Gasteiger partial charge < -0.3 is 19.6 Å². The lowest BCUT2D eigenvalue weighted by Crippen LogP contribution is -2.42. The highest BCUT2D eigenvalue weighted by Gasteiger charge is 2.31. The Morgan fingerprint density at radius 3 is 2.64 bits per heavy atom. The van der Waals surface area contributed by atoms with Crippen LogP contribution in [0.2, 0.25) is 0 Å². The second kappa shape index (κ2) is 11.7. The number of likely N-dealkylation sites (tertiary alicyclic amines) is 1. The van der Waals surface area contributed by atoms with Gasteiger partial charge in [0, 0.05) is 42.2 Å². The van der Waals surface area contributed by atoms with Gasteiger partial charge in [-0.15, -0.1) is 11.3 Å². The predicted molar refractivity (Wildman–Crippen MR) is 150 cm³/mol. The third kappa shape index (κ3) is 6.08. The standard InChI is InChI=1S/C30H34FN3O4S/c1-19-14-21(28(35)33-11-4-3-5-12-33)6-7-23(19)17-38-27-9-8-24(31)16-25(27)26-18-39-30(32-26)34-13-10-22(29(36)37)15-20(34)2/h6-9,14,16,18,20,22H,3-5,10-13,15,17H2,1-2H3,(H,36,37). The molecule has 3 heterocycles. The summed E-state index contributed by atoms with van der Waals surface area (Å²) in [5.74, 6) is -0.856. The van der Waals surface area contributed by atoms with Crippen LogP contribution in [0.15, 0.2) is 41.8 Å². The molecule has 1 N–H and O–H groups in total. The fourth-order valence-corrected chi connectivity index (χ4v) is 6.41. The molecule has 5 rings (SSSR count). The number of carboxylic acids is 1. The van der Waals surface area contributed by atoms with Crippen molar-refractivity contribution < 1.29 is 23.8 Å². The van der Waals surface area contributed by atoms with Crippen molar-refractivity contribution in [2.45, 2.75) is 58.6 Å².